The van der Waals surface area contributed by atoms with Gasteiger partial charge in [0, 0.05) is 40.8 Å². The fourth-order valence-corrected chi connectivity index (χ4v) is 16.4. The van der Waals surface area contributed by atoms with E-state index in [1.807, 2.05) is 49.7 Å². The molecule has 8 rings (SSSR count). The molecule has 73 heavy (non-hydrogen) atoms. The lowest BCUT2D eigenvalue weighted by Crippen LogP contribution is -2.57. The summed E-state index contributed by atoms with van der Waals surface area (Å²) in [4.78, 5) is 4.18. The zero-order chi connectivity index (χ0) is 46.8. The van der Waals surface area contributed by atoms with Crippen LogP contribution in [0.5, 0.6) is 5.75 Å². The number of nitrogens with zero attached hydrogens (tertiary/aromatic N) is 1. The molecular weight excluding hydrogens is 963 g/mol. The van der Waals surface area contributed by atoms with Crippen molar-refractivity contribution < 1.29 is 22.4 Å². The lowest BCUT2D eigenvalue weighted by Gasteiger charge is -2.27. The van der Waals surface area contributed by atoms with E-state index in [2.05, 4.69) is 202 Å². The number of pyridine rings is 1. The van der Waals surface area contributed by atoms with Gasteiger partial charge in [-0.3, -0.25) is 4.98 Å². The lowest BCUT2D eigenvalue weighted by molar-refractivity contribution is 0.412. The van der Waals surface area contributed by atoms with Gasteiger partial charge in [0.25, 0.3) is 25.0 Å². The van der Waals surface area contributed by atoms with E-state index in [0.29, 0.717) is 0 Å². The Morgan fingerprint density at radius 1 is 0.329 bits per heavy atom. The molecule has 400 valence electrons. The molecule has 0 bridgehead atoms. The van der Waals surface area contributed by atoms with E-state index in [9.17, 15) is 0 Å². The summed E-state index contributed by atoms with van der Waals surface area (Å²) in [7, 11) is 1.05. The molecule has 8 aromatic rings. The van der Waals surface area contributed by atoms with E-state index in [4.69, 9.17) is 22.4 Å². The molecule has 6 nitrogen and oxygen atoms in total. The van der Waals surface area contributed by atoms with Crippen molar-refractivity contribution >= 4 is 80.3 Å². The van der Waals surface area contributed by atoms with Crippen molar-refractivity contribution in [3.63, 3.8) is 0 Å². The maximum absolute atomic E-state index is 6.06. The Morgan fingerprint density at radius 2 is 0.699 bits per heavy atom. The first-order valence-electron chi connectivity index (χ1n) is 21.9. The average molecular weight is 1060 g/mol. The van der Waals surface area contributed by atoms with Gasteiger partial charge in [0.2, 0.25) is 8.32 Å². The minimum absolute atomic E-state index is 0. The first kappa shape index (κ1) is 74.0. The number of methoxy groups -OCH3 is 1. The predicted molar refractivity (Wildman–Crippen MR) is 339 cm³/mol. The van der Waals surface area contributed by atoms with E-state index >= 15 is 0 Å². The number of hydrogen-bond donors (Lipinski definition) is 0. The van der Waals surface area contributed by atoms with Gasteiger partial charge in [-0.15, -0.1) is 0 Å². The van der Waals surface area contributed by atoms with Crippen LogP contribution in [0.3, 0.4) is 0 Å². The topological polar surface area (TPSA) is 59.0 Å². The van der Waals surface area contributed by atoms with Crippen LogP contribution in [0.4, 0.5) is 0 Å². The van der Waals surface area contributed by atoms with Gasteiger partial charge < -0.3 is 22.4 Å². The Hall–Kier alpha value is -5.54. The molecule has 0 spiro atoms. The molecule has 0 amide bonds. The van der Waals surface area contributed by atoms with Crippen LogP contribution < -0.4 is 41.0 Å². The van der Waals surface area contributed by atoms with E-state index in [0.717, 1.165) is 5.75 Å². The highest BCUT2D eigenvalue weighted by atomic mass is 28.4. The number of ether oxygens (including phenoxy) is 1. The molecular formula is C63H97NO5Si4. The third kappa shape index (κ3) is 18.7. The van der Waals surface area contributed by atoms with Crippen LogP contribution in [0.25, 0.3) is 10.8 Å². The SMILES string of the molecule is C.C.C.C.C.C.C.C.CO[Si](C)(C)c1ccccc1.CO[Si](C)(c1ccccc1)c1cccc2ccccc12.CO[Si](C)(c1ccccc1)c1cccnc1.COc1cccc([Si](C)(OC)c2ccccc2)c1. The van der Waals surface area contributed by atoms with Gasteiger partial charge in [-0.2, -0.15) is 0 Å². The van der Waals surface area contributed by atoms with Gasteiger partial charge in [-0.1, -0.05) is 241 Å². The van der Waals surface area contributed by atoms with E-state index in [1.54, 1.807) is 34.6 Å². The zero-order valence-corrected chi connectivity index (χ0v) is 43.7. The van der Waals surface area contributed by atoms with Crippen molar-refractivity contribution in [2.75, 3.05) is 35.5 Å². The molecule has 7 aromatic carbocycles. The van der Waals surface area contributed by atoms with E-state index in [1.165, 1.54) is 47.1 Å². The molecule has 1 heterocycles. The summed E-state index contributed by atoms with van der Waals surface area (Å²) in [5.41, 5.74) is 0. The molecule has 3 unspecified atom stereocenters. The molecule has 0 saturated heterocycles. The van der Waals surface area contributed by atoms with Crippen molar-refractivity contribution in [3.8, 4) is 5.75 Å². The Kier molecular flexibility index (Phi) is 36.1. The summed E-state index contributed by atoms with van der Waals surface area (Å²) in [5, 5.41) is 11.5. The molecule has 1 aromatic heterocycles. The first-order valence-corrected chi connectivity index (χ1v) is 32.0. The zero-order valence-electron chi connectivity index (χ0n) is 39.7. The highest BCUT2D eigenvalue weighted by Gasteiger charge is 2.35. The van der Waals surface area contributed by atoms with Gasteiger partial charge in [-0.25, -0.2) is 0 Å². The number of rotatable bonds is 12. The molecule has 0 aliphatic heterocycles. The Morgan fingerprint density at radius 3 is 1.12 bits per heavy atom. The van der Waals surface area contributed by atoms with Crippen LogP contribution in [0.15, 0.2) is 213 Å². The maximum Gasteiger partial charge on any atom is 0.253 e. The van der Waals surface area contributed by atoms with Crippen LogP contribution in [-0.2, 0) is 17.7 Å². The molecule has 10 heteroatoms. The quantitative estimate of drug-likeness (QED) is 0.114. The number of fused-ring (bicyclic) bond motifs is 1. The fourth-order valence-electron chi connectivity index (χ4n) is 7.62. The van der Waals surface area contributed by atoms with Crippen molar-refractivity contribution in [1.82, 2.24) is 4.98 Å². The monoisotopic (exact) mass is 1060 g/mol. The second kappa shape index (κ2) is 35.6. The average Bonchev–Trinajstić information content (AvgIpc) is 3.39. The Labute approximate surface area is 451 Å². The molecule has 0 fully saturated rings. The second-order valence-electron chi connectivity index (χ2n) is 16.4. The summed E-state index contributed by atoms with van der Waals surface area (Å²) in [6.07, 6.45) is 3.70. The van der Waals surface area contributed by atoms with E-state index < -0.39 is 33.3 Å². The number of hydrogen-bond acceptors (Lipinski definition) is 6. The van der Waals surface area contributed by atoms with Crippen molar-refractivity contribution in [3.05, 3.63) is 213 Å². The molecule has 0 saturated carbocycles. The highest BCUT2D eigenvalue weighted by Crippen LogP contribution is 2.17. The first-order chi connectivity index (χ1) is 31.4. The molecule has 0 radical (unpaired) electrons. The minimum atomic E-state index is -2.14. The van der Waals surface area contributed by atoms with Crippen LogP contribution in [-0.4, -0.2) is 73.8 Å². The Balaban J connectivity index is -0.000000426. The molecule has 0 N–H and O–H groups in total. The van der Waals surface area contributed by atoms with Gasteiger partial charge in [0.15, 0.2) is 0 Å². The summed E-state index contributed by atoms with van der Waals surface area (Å²) in [6, 6.07) is 69.0. The third-order valence-electron chi connectivity index (χ3n) is 12.3. The second-order valence-corrected chi connectivity index (χ2v) is 31.2. The third-order valence-corrected chi connectivity index (χ3v) is 26.1. The lowest BCUT2D eigenvalue weighted by atomic mass is 10.1. The summed E-state index contributed by atoms with van der Waals surface area (Å²) >= 11 is 0. The highest BCUT2D eigenvalue weighted by molar-refractivity contribution is 6.98. The van der Waals surface area contributed by atoms with Crippen molar-refractivity contribution in [1.29, 1.82) is 0 Å². The number of aromatic nitrogens is 1. The molecule has 0 aliphatic carbocycles. The predicted octanol–water partition coefficient (Wildman–Crippen LogP) is 13.5. The Bertz CT molecular complexity index is 2570. The van der Waals surface area contributed by atoms with Gasteiger partial charge in [0.05, 0.1) is 7.11 Å². The molecule has 3 atom stereocenters. The van der Waals surface area contributed by atoms with Gasteiger partial charge >= 0.3 is 0 Å². The van der Waals surface area contributed by atoms with Crippen LogP contribution in [0.2, 0.25) is 32.7 Å². The largest absolute Gasteiger partial charge is 0.497 e. The smallest absolute Gasteiger partial charge is 0.253 e. The minimum Gasteiger partial charge on any atom is -0.497 e. The van der Waals surface area contributed by atoms with Crippen molar-refractivity contribution in [2.45, 2.75) is 92.1 Å². The molecule has 0 aliphatic rings. The maximum atomic E-state index is 6.06. The normalized spacial score (nSPS) is 12.2. The summed E-state index contributed by atoms with van der Waals surface area (Å²) in [6.45, 7) is 11.1. The van der Waals surface area contributed by atoms with Crippen LogP contribution in [0, 0.1) is 0 Å². The summed E-state index contributed by atoms with van der Waals surface area (Å²) in [5.74, 6) is 0.874. The fraction of sp³-hybridized carbons (Fsp3) is 0.286. The van der Waals surface area contributed by atoms with Gasteiger partial charge in [-0.05, 0) is 98.0 Å². The van der Waals surface area contributed by atoms with Gasteiger partial charge in [0.1, 0.15) is 5.75 Å². The summed E-state index contributed by atoms with van der Waals surface area (Å²) < 4.78 is 28.5. The van der Waals surface area contributed by atoms with Crippen molar-refractivity contribution in [2.24, 2.45) is 0 Å². The standard InChI is InChI=1S/C18H18OSi.C15H18O2Si.C13H15NOSi.C9H14OSi.8CH4/c1-19-20(2,16-11-4-3-5-12-16)18-14-8-10-15-9-6-7-13-17(15)18;1-16-13-8-7-11-15(12-13)18(3,17-2)14-9-5-4-6-10-14;1-15-16(2,12-7-4-3-5-8-12)13-9-6-10-14-11-13;1-10-11(2,3)9-7-5-4-6-8-9;;;;;;;;/h3-14H,1-2H3;4-12H,1-3H3;3-11H,1-2H3;4-8H,1-3H3;8*1H4. The van der Waals surface area contributed by atoms with Crippen LogP contribution >= 0.6 is 0 Å². The number of benzene rings is 7. The van der Waals surface area contributed by atoms with Crippen LogP contribution in [0.1, 0.15) is 59.4 Å². The van der Waals surface area contributed by atoms with E-state index in [-0.39, 0.29) is 59.4 Å².